The van der Waals surface area contributed by atoms with Crippen molar-refractivity contribution < 1.29 is 27.5 Å². The van der Waals surface area contributed by atoms with E-state index in [4.69, 9.17) is 16.3 Å². The lowest BCUT2D eigenvalue weighted by molar-refractivity contribution is -0.140. The minimum atomic E-state index is -3.86. The van der Waals surface area contributed by atoms with Gasteiger partial charge in [0.1, 0.15) is 22.3 Å². The maximum absolute atomic E-state index is 12.3. The number of aromatic nitrogens is 1. The van der Waals surface area contributed by atoms with E-state index in [0.717, 1.165) is 0 Å². The van der Waals surface area contributed by atoms with E-state index < -0.39 is 33.3 Å². The first-order valence-electron chi connectivity index (χ1n) is 6.93. The van der Waals surface area contributed by atoms with E-state index in [-0.39, 0.29) is 22.5 Å². The van der Waals surface area contributed by atoms with Gasteiger partial charge in [-0.25, -0.2) is 18.2 Å². The Morgan fingerprint density at radius 3 is 2.46 bits per heavy atom. The second-order valence-corrected chi connectivity index (χ2v) is 8.23. The number of pyridine rings is 1. The van der Waals surface area contributed by atoms with Crippen LogP contribution >= 0.6 is 11.6 Å². The molecule has 1 N–H and O–H groups in total. The van der Waals surface area contributed by atoms with Gasteiger partial charge in [-0.05, 0) is 32.9 Å². The molecule has 1 amide bonds. The Morgan fingerprint density at radius 1 is 1.29 bits per heavy atom. The molecule has 1 aromatic heterocycles. The van der Waals surface area contributed by atoms with Crippen molar-refractivity contribution in [3.05, 3.63) is 17.3 Å². The van der Waals surface area contributed by atoms with Crippen LogP contribution in [0.2, 0.25) is 5.15 Å². The third kappa shape index (κ3) is 6.71. The normalized spacial score (nSPS) is 11.7. The zero-order chi connectivity index (χ0) is 18.5. The molecule has 0 unspecified atom stereocenters. The van der Waals surface area contributed by atoms with E-state index in [9.17, 15) is 18.0 Å². The van der Waals surface area contributed by atoms with Crippen molar-refractivity contribution >= 4 is 39.3 Å². The standard InChI is InChI=1S/C14H19ClN2O6S/c1-9(18)22-7-8-24(20,21)10-5-6-11(15)16-12(10)17-13(19)23-14(2,3)4/h5-6H,7-8H2,1-4H3,(H,16,17,19). The molecular formula is C14H19ClN2O6S. The number of rotatable bonds is 5. The molecule has 0 saturated carbocycles. The topological polar surface area (TPSA) is 112 Å². The predicted octanol–water partition coefficient (Wildman–Crippen LogP) is 2.42. The van der Waals surface area contributed by atoms with Crippen molar-refractivity contribution in [2.24, 2.45) is 0 Å². The van der Waals surface area contributed by atoms with E-state index in [1.165, 1.54) is 19.1 Å². The molecule has 0 spiro atoms. The lowest BCUT2D eigenvalue weighted by Gasteiger charge is -2.20. The van der Waals surface area contributed by atoms with E-state index >= 15 is 0 Å². The third-order valence-corrected chi connectivity index (χ3v) is 4.35. The summed E-state index contributed by atoms with van der Waals surface area (Å²) in [6, 6.07) is 2.49. The number of halogens is 1. The van der Waals surface area contributed by atoms with Crippen molar-refractivity contribution in [1.82, 2.24) is 4.98 Å². The summed E-state index contributed by atoms with van der Waals surface area (Å²) in [4.78, 5) is 26.2. The van der Waals surface area contributed by atoms with Gasteiger partial charge in [-0.3, -0.25) is 10.1 Å². The number of carbonyl (C=O) groups is 2. The van der Waals surface area contributed by atoms with Crippen LogP contribution in [-0.2, 0) is 24.1 Å². The Morgan fingerprint density at radius 2 is 1.92 bits per heavy atom. The van der Waals surface area contributed by atoms with Gasteiger partial charge in [0.05, 0.1) is 5.75 Å². The van der Waals surface area contributed by atoms with Gasteiger partial charge in [-0.1, -0.05) is 11.6 Å². The molecule has 0 fully saturated rings. The fraction of sp³-hybridized carbons (Fsp3) is 0.500. The fourth-order valence-corrected chi connectivity index (χ4v) is 2.91. The molecule has 134 valence electrons. The van der Waals surface area contributed by atoms with Crippen molar-refractivity contribution in [3.8, 4) is 0 Å². The minimum Gasteiger partial charge on any atom is -0.465 e. The molecule has 0 aliphatic carbocycles. The van der Waals surface area contributed by atoms with Crippen LogP contribution in [0.25, 0.3) is 0 Å². The number of nitrogens with zero attached hydrogens (tertiary/aromatic N) is 1. The van der Waals surface area contributed by atoms with Gasteiger partial charge in [-0.2, -0.15) is 0 Å². The molecule has 0 saturated heterocycles. The highest BCUT2D eigenvalue weighted by molar-refractivity contribution is 7.91. The molecule has 24 heavy (non-hydrogen) atoms. The van der Waals surface area contributed by atoms with Crippen LogP contribution in [0.4, 0.5) is 10.6 Å². The second kappa shape index (κ2) is 7.80. The van der Waals surface area contributed by atoms with Crippen LogP contribution in [0.1, 0.15) is 27.7 Å². The number of sulfone groups is 1. The number of esters is 1. The van der Waals surface area contributed by atoms with E-state index in [2.05, 4.69) is 15.0 Å². The minimum absolute atomic E-state index is 0.00000496. The number of anilines is 1. The second-order valence-electron chi connectivity index (χ2n) is 5.77. The molecule has 0 atom stereocenters. The lowest BCUT2D eigenvalue weighted by atomic mass is 10.2. The number of hydrogen-bond donors (Lipinski definition) is 1. The van der Waals surface area contributed by atoms with Gasteiger partial charge in [0, 0.05) is 6.92 Å². The molecule has 1 rings (SSSR count). The molecule has 8 nitrogen and oxygen atoms in total. The Labute approximate surface area is 145 Å². The zero-order valence-electron chi connectivity index (χ0n) is 13.8. The first-order chi connectivity index (χ1) is 10.9. The highest BCUT2D eigenvalue weighted by Gasteiger charge is 2.24. The average Bonchev–Trinajstić information content (AvgIpc) is 2.34. The van der Waals surface area contributed by atoms with Crippen LogP contribution in [0.3, 0.4) is 0 Å². The van der Waals surface area contributed by atoms with Gasteiger partial charge >= 0.3 is 12.1 Å². The average molecular weight is 379 g/mol. The first-order valence-corrected chi connectivity index (χ1v) is 8.96. The SMILES string of the molecule is CC(=O)OCCS(=O)(=O)c1ccc(Cl)nc1NC(=O)OC(C)(C)C. The van der Waals surface area contributed by atoms with Gasteiger partial charge in [0.2, 0.25) is 0 Å². The van der Waals surface area contributed by atoms with Gasteiger partial charge < -0.3 is 9.47 Å². The molecule has 0 bridgehead atoms. The van der Waals surface area contributed by atoms with Crippen molar-refractivity contribution in [2.45, 2.75) is 38.2 Å². The fourth-order valence-electron chi connectivity index (χ4n) is 1.57. The van der Waals surface area contributed by atoms with Crippen molar-refractivity contribution in [2.75, 3.05) is 17.7 Å². The van der Waals surface area contributed by atoms with E-state index in [1.54, 1.807) is 20.8 Å². The van der Waals surface area contributed by atoms with Crippen LogP contribution in [0, 0.1) is 0 Å². The van der Waals surface area contributed by atoms with E-state index in [1.807, 2.05) is 0 Å². The highest BCUT2D eigenvalue weighted by Crippen LogP contribution is 2.23. The summed E-state index contributed by atoms with van der Waals surface area (Å²) >= 11 is 5.76. The molecular weight excluding hydrogens is 360 g/mol. The van der Waals surface area contributed by atoms with Crippen molar-refractivity contribution in [3.63, 3.8) is 0 Å². The van der Waals surface area contributed by atoms with Crippen LogP contribution < -0.4 is 5.32 Å². The summed E-state index contributed by atoms with van der Waals surface area (Å²) in [6.45, 7) is 5.84. The lowest BCUT2D eigenvalue weighted by Crippen LogP contribution is -2.28. The Kier molecular flexibility index (Phi) is 6.56. The van der Waals surface area contributed by atoms with Crippen LogP contribution in [0.5, 0.6) is 0 Å². The van der Waals surface area contributed by atoms with Gasteiger partial charge in [-0.15, -0.1) is 0 Å². The molecule has 1 aromatic rings. The Balaban J connectivity index is 3.03. The summed E-state index contributed by atoms with van der Waals surface area (Å²) in [5, 5.41) is 2.27. The van der Waals surface area contributed by atoms with Crippen LogP contribution in [0.15, 0.2) is 17.0 Å². The van der Waals surface area contributed by atoms with E-state index in [0.29, 0.717) is 0 Å². The summed E-state index contributed by atoms with van der Waals surface area (Å²) in [5.74, 6) is -1.30. The number of hydrogen-bond acceptors (Lipinski definition) is 7. The number of amides is 1. The summed E-state index contributed by atoms with van der Waals surface area (Å²) < 4.78 is 34.4. The number of ether oxygens (including phenoxy) is 2. The molecule has 10 heteroatoms. The molecule has 0 radical (unpaired) electrons. The summed E-state index contributed by atoms with van der Waals surface area (Å²) in [5.41, 5.74) is -0.767. The Bertz CT molecular complexity index is 727. The molecule has 0 aliphatic rings. The molecule has 1 heterocycles. The first kappa shape index (κ1) is 20.2. The number of nitrogens with one attached hydrogen (secondary N) is 1. The quantitative estimate of drug-likeness (QED) is 0.618. The Hall–Kier alpha value is -1.87. The largest absolute Gasteiger partial charge is 0.465 e. The monoisotopic (exact) mass is 378 g/mol. The molecule has 0 aromatic carbocycles. The maximum Gasteiger partial charge on any atom is 0.413 e. The predicted molar refractivity (Wildman–Crippen MR) is 87.8 cm³/mol. The zero-order valence-corrected chi connectivity index (χ0v) is 15.3. The van der Waals surface area contributed by atoms with Crippen LogP contribution in [-0.4, -0.2) is 43.4 Å². The molecule has 0 aliphatic heterocycles. The smallest absolute Gasteiger partial charge is 0.413 e. The summed E-state index contributed by atoms with van der Waals surface area (Å²) in [6.07, 6.45) is -0.867. The summed E-state index contributed by atoms with van der Waals surface area (Å²) in [7, 11) is -3.86. The van der Waals surface area contributed by atoms with Gasteiger partial charge in [0.15, 0.2) is 15.7 Å². The number of carbonyl (C=O) groups excluding carboxylic acids is 2. The van der Waals surface area contributed by atoms with Gasteiger partial charge in [0.25, 0.3) is 0 Å². The van der Waals surface area contributed by atoms with Crippen molar-refractivity contribution in [1.29, 1.82) is 0 Å². The third-order valence-electron chi connectivity index (χ3n) is 2.44. The maximum atomic E-state index is 12.3. The highest BCUT2D eigenvalue weighted by atomic mass is 35.5.